The van der Waals surface area contributed by atoms with Gasteiger partial charge in [-0.15, -0.1) is 11.8 Å². The average molecular weight is 213 g/mol. The van der Waals surface area contributed by atoms with Gasteiger partial charge in [0.1, 0.15) is 5.76 Å². The van der Waals surface area contributed by atoms with E-state index in [1.54, 1.807) is 6.26 Å². The van der Waals surface area contributed by atoms with Crippen LogP contribution in [0.3, 0.4) is 0 Å². The molecule has 80 valence electrons. The minimum Gasteiger partial charge on any atom is -0.468 e. The van der Waals surface area contributed by atoms with E-state index in [4.69, 9.17) is 10.2 Å². The van der Waals surface area contributed by atoms with Crippen molar-refractivity contribution in [3.05, 3.63) is 24.2 Å². The number of thioether (sulfide) groups is 1. The molecule has 0 saturated carbocycles. The molecule has 0 radical (unpaired) electrons. The normalized spacial score (nSPS) is 15.4. The van der Waals surface area contributed by atoms with Crippen LogP contribution < -0.4 is 5.73 Å². The maximum absolute atomic E-state index is 6.07. The van der Waals surface area contributed by atoms with E-state index in [9.17, 15) is 0 Å². The number of rotatable bonds is 6. The van der Waals surface area contributed by atoms with Gasteiger partial charge in [0.15, 0.2) is 0 Å². The largest absolute Gasteiger partial charge is 0.468 e. The lowest BCUT2D eigenvalue weighted by atomic mass is 10.1. The van der Waals surface area contributed by atoms with Crippen LogP contribution in [0.5, 0.6) is 0 Å². The maximum atomic E-state index is 6.07. The molecule has 0 saturated heterocycles. The molecule has 14 heavy (non-hydrogen) atoms. The lowest BCUT2D eigenvalue weighted by molar-refractivity contribution is 0.474. The number of hydrogen-bond acceptors (Lipinski definition) is 3. The van der Waals surface area contributed by atoms with Crippen molar-refractivity contribution >= 4 is 11.8 Å². The van der Waals surface area contributed by atoms with Crippen LogP contribution in [0.25, 0.3) is 0 Å². The molecule has 1 rings (SSSR count). The Morgan fingerprint density at radius 3 is 2.79 bits per heavy atom. The first kappa shape index (κ1) is 11.7. The van der Waals surface area contributed by atoms with Gasteiger partial charge in [0, 0.05) is 6.04 Å². The summed E-state index contributed by atoms with van der Waals surface area (Å²) in [4.78, 5) is 0. The summed E-state index contributed by atoms with van der Waals surface area (Å²) in [6.45, 7) is 4.30. The zero-order valence-electron chi connectivity index (χ0n) is 8.90. The molecule has 0 aliphatic carbocycles. The van der Waals surface area contributed by atoms with Crippen molar-refractivity contribution in [2.45, 2.75) is 38.0 Å². The Bertz CT molecular complexity index is 235. The molecule has 0 aromatic carbocycles. The van der Waals surface area contributed by atoms with E-state index in [1.165, 1.54) is 6.42 Å². The van der Waals surface area contributed by atoms with E-state index in [2.05, 4.69) is 13.8 Å². The van der Waals surface area contributed by atoms with Crippen molar-refractivity contribution in [1.82, 2.24) is 0 Å². The van der Waals surface area contributed by atoms with Gasteiger partial charge in [0.05, 0.1) is 11.5 Å². The highest BCUT2D eigenvalue weighted by molar-refractivity contribution is 7.99. The molecule has 0 aliphatic rings. The molecular weight excluding hydrogens is 194 g/mol. The van der Waals surface area contributed by atoms with Gasteiger partial charge in [-0.3, -0.25) is 0 Å². The summed E-state index contributed by atoms with van der Waals surface area (Å²) in [5.74, 6) is 2.15. The summed E-state index contributed by atoms with van der Waals surface area (Å²) in [6, 6.07) is 4.14. The second-order valence-electron chi connectivity index (χ2n) is 3.38. The quantitative estimate of drug-likeness (QED) is 0.788. The van der Waals surface area contributed by atoms with Crippen LogP contribution >= 0.6 is 11.8 Å². The van der Waals surface area contributed by atoms with Gasteiger partial charge in [-0.1, -0.05) is 13.8 Å². The van der Waals surface area contributed by atoms with Crippen LogP contribution in [0.2, 0.25) is 0 Å². The Hall–Kier alpha value is -0.410. The number of furan rings is 1. The van der Waals surface area contributed by atoms with Crippen LogP contribution in [-0.4, -0.2) is 11.8 Å². The first-order chi connectivity index (χ1) is 6.79. The third-order valence-corrected chi connectivity index (χ3v) is 3.77. The molecule has 1 aromatic rings. The summed E-state index contributed by atoms with van der Waals surface area (Å²) < 4.78 is 5.41. The predicted molar refractivity (Wildman–Crippen MR) is 62.5 cm³/mol. The van der Waals surface area contributed by atoms with Gasteiger partial charge in [-0.2, -0.15) is 0 Å². The second kappa shape index (κ2) is 6.14. The minimum atomic E-state index is 0.192. The Morgan fingerprint density at radius 1 is 1.50 bits per heavy atom. The first-order valence-corrected chi connectivity index (χ1v) is 6.25. The monoisotopic (exact) mass is 213 g/mol. The molecule has 0 amide bonds. The Balaban J connectivity index is 2.62. The van der Waals surface area contributed by atoms with Gasteiger partial charge in [0.2, 0.25) is 0 Å². The molecule has 0 aliphatic heterocycles. The fourth-order valence-corrected chi connectivity index (χ4v) is 2.56. The summed E-state index contributed by atoms with van der Waals surface area (Å²) in [6.07, 6.45) is 3.89. The number of nitrogens with two attached hydrogens (primary N) is 1. The van der Waals surface area contributed by atoms with Gasteiger partial charge in [-0.05, 0) is 30.7 Å². The van der Waals surface area contributed by atoms with E-state index in [1.807, 2.05) is 23.9 Å². The minimum absolute atomic E-state index is 0.192. The molecule has 1 heterocycles. The van der Waals surface area contributed by atoms with Crippen LogP contribution in [0.4, 0.5) is 0 Å². The van der Waals surface area contributed by atoms with Crippen molar-refractivity contribution in [1.29, 1.82) is 0 Å². The Morgan fingerprint density at radius 2 is 2.29 bits per heavy atom. The summed E-state index contributed by atoms with van der Waals surface area (Å²) in [5.41, 5.74) is 6.07. The Labute approximate surface area is 90.2 Å². The van der Waals surface area contributed by atoms with Crippen LogP contribution in [0.1, 0.15) is 37.7 Å². The predicted octanol–water partition coefficient (Wildman–Crippen LogP) is 3.20. The highest BCUT2D eigenvalue weighted by atomic mass is 32.2. The van der Waals surface area contributed by atoms with Gasteiger partial charge in [-0.25, -0.2) is 0 Å². The Kier molecular flexibility index (Phi) is 5.12. The fraction of sp³-hybridized carbons (Fsp3) is 0.636. The highest BCUT2D eigenvalue weighted by Gasteiger charge is 2.20. The molecule has 0 fully saturated rings. The van der Waals surface area contributed by atoms with E-state index in [0.717, 1.165) is 17.9 Å². The summed E-state index contributed by atoms with van der Waals surface area (Å²) in [5, 5.41) is 0.315. The van der Waals surface area contributed by atoms with E-state index >= 15 is 0 Å². The first-order valence-electron chi connectivity index (χ1n) is 5.20. The zero-order chi connectivity index (χ0) is 10.4. The summed E-state index contributed by atoms with van der Waals surface area (Å²) >= 11 is 1.89. The topological polar surface area (TPSA) is 39.2 Å². The van der Waals surface area contributed by atoms with Crippen molar-refractivity contribution in [3.8, 4) is 0 Å². The molecule has 0 spiro atoms. The van der Waals surface area contributed by atoms with Gasteiger partial charge < -0.3 is 10.2 Å². The van der Waals surface area contributed by atoms with Crippen LogP contribution in [0, 0.1) is 0 Å². The second-order valence-corrected chi connectivity index (χ2v) is 4.63. The van der Waals surface area contributed by atoms with Crippen LogP contribution in [0.15, 0.2) is 22.8 Å². The summed E-state index contributed by atoms with van der Waals surface area (Å²) in [7, 11) is 0. The molecule has 2 N–H and O–H groups in total. The van der Waals surface area contributed by atoms with Crippen molar-refractivity contribution in [2.24, 2.45) is 5.73 Å². The molecule has 2 unspecified atom stereocenters. The molecular formula is C11H19NOS. The van der Waals surface area contributed by atoms with Gasteiger partial charge >= 0.3 is 0 Å². The third-order valence-electron chi connectivity index (χ3n) is 2.19. The molecule has 2 nitrogen and oxygen atoms in total. The molecule has 3 heteroatoms. The SMILES string of the molecule is CCCSC(c1ccco1)C(N)CC. The average Bonchev–Trinajstić information content (AvgIpc) is 2.71. The molecule has 0 bridgehead atoms. The van der Waals surface area contributed by atoms with Gasteiger partial charge in [0.25, 0.3) is 0 Å². The van der Waals surface area contributed by atoms with Crippen LogP contribution in [-0.2, 0) is 0 Å². The fourth-order valence-electron chi connectivity index (χ4n) is 1.33. The van der Waals surface area contributed by atoms with Crippen molar-refractivity contribution in [3.63, 3.8) is 0 Å². The van der Waals surface area contributed by atoms with E-state index in [-0.39, 0.29) is 6.04 Å². The number of hydrogen-bond donors (Lipinski definition) is 1. The lowest BCUT2D eigenvalue weighted by Crippen LogP contribution is -2.25. The maximum Gasteiger partial charge on any atom is 0.118 e. The zero-order valence-corrected chi connectivity index (χ0v) is 9.72. The standard InChI is InChI=1S/C11H19NOS/c1-3-8-14-11(9(12)4-2)10-6-5-7-13-10/h5-7,9,11H,3-4,8,12H2,1-2H3. The lowest BCUT2D eigenvalue weighted by Gasteiger charge is -2.19. The molecule has 1 aromatic heterocycles. The smallest absolute Gasteiger partial charge is 0.118 e. The molecule has 2 atom stereocenters. The van der Waals surface area contributed by atoms with E-state index < -0.39 is 0 Å². The van der Waals surface area contributed by atoms with Crippen molar-refractivity contribution < 1.29 is 4.42 Å². The van der Waals surface area contributed by atoms with Crippen molar-refractivity contribution in [2.75, 3.05) is 5.75 Å². The highest BCUT2D eigenvalue weighted by Crippen LogP contribution is 2.33. The van der Waals surface area contributed by atoms with E-state index in [0.29, 0.717) is 5.25 Å². The third kappa shape index (κ3) is 3.07.